The number of carboxylic acids is 1. The van der Waals surface area contributed by atoms with Crippen LogP contribution in [0.1, 0.15) is 11.5 Å². The molecule has 2 N–H and O–H groups in total. The molecule has 3 atom stereocenters. The van der Waals surface area contributed by atoms with Crippen LogP contribution in [0.25, 0.3) is 0 Å². The summed E-state index contributed by atoms with van der Waals surface area (Å²) in [7, 11) is -3.58. The van der Waals surface area contributed by atoms with E-state index in [-0.39, 0.29) is 0 Å². The Kier molecular flexibility index (Phi) is 3.36. The van der Waals surface area contributed by atoms with Gasteiger partial charge in [0.2, 0.25) is 0 Å². The van der Waals surface area contributed by atoms with Gasteiger partial charge in [0.05, 0.1) is 11.9 Å². The highest BCUT2D eigenvalue weighted by Crippen LogP contribution is 2.62. The molecule has 1 fully saturated rings. The zero-order valence-electron chi connectivity index (χ0n) is 10.1. The molecule has 1 aromatic rings. The Morgan fingerprint density at radius 3 is 2.21 bits per heavy atom. The Labute approximate surface area is 115 Å². The molecule has 0 heterocycles. The minimum Gasteiger partial charge on any atom is -0.481 e. The van der Waals surface area contributed by atoms with E-state index in [9.17, 15) is 23.4 Å². The van der Waals surface area contributed by atoms with Gasteiger partial charge in [0, 0.05) is 17.2 Å². The molecule has 0 aromatic heterocycles. The molecule has 1 aliphatic carbocycles. The second kappa shape index (κ2) is 4.47. The maximum atomic E-state index is 11.7. The number of hydrogen-bond acceptors (Lipinski definition) is 4. The fourth-order valence-corrected chi connectivity index (χ4v) is 4.71. The average Bonchev–Trinajstić information content (AvgIpc) is 3.00. The van der Waals surface area contributed by atoms with Crippen LogP contribution in [0.3, 0.4) is 0 Å². The van der Waals surface area contributed by atoms with Crippen molar-refractivity contribution in [2.45, 2.75) is 11.2 Å². The van der Waals surface area contributed by atoms with Crippen LogP contribution < -0.4 is 0 Å². The normalized spacial score (nSPS) is 30.1. The highest BCUT2D eigenvalue weighted by Gasteiger charge is 2.74. The van der Waals surface area contributed by atoms with Crippen LogP contribution in [-0.4, -0.2) is 42.7 Å². The van der Waals surface area contributed by atoms with Gasteiger partial charge in [0.25, 0.3) is 0 Å². The third-order valence-electron chi connectivity index (χ3n) is 3.61. The minimum absolute atomic E-state index is 0.477. The fourth-order valence-electron chi connectivity index (χ4n) is 2.69. The molecule has 0 unspecified atom stereocenters. The van der Waals surface area contributed by atoms with Crippen molar-refractivity contribution < 1.29 is 23.4 Å². The van der Waals surface area contributed by atoms with Crippen molar-refractivity contribution in [2.24, 2.45) is 5.41 Å². The van der Waals surface area contributed by atoms with Gasteiger partial charge in [-0.15, -0.1) is 0 Å². The molecule has 1 saturated carbocycles. The van der Waals surface area contributed by atoms with Gasteiger partial charge in [-0.3, -0.25) is 4.79 Å². The van der Waals surface area contributed by atoms with Crippen LogP contribution in [0.15, 0.2) is 24.3 Å². The molecule has 5 nitrogen and oxygen atoms in total. The number of sulfone groups is 1. The van der Waals surface area contributed by atoms with Crippen molar-refractivity contribution in [3.63, 3.8) is 0 Å². The van der Waals surface area contributed by atoms with Crippen molar-refractivity contribution >= 4 is 27.4 Å². The second-order valence-electron chi connectivity index (χ2n) is 4.78. The van der Waals surface area contributed by atoms with Gasteiger partial charge < -0.3 is 10.2 Å². The molecular weight excluding hydrogens is 292 g/mol. The smallest absolute Gasteiger partial charge is 0.314 e. The van der Waals surface area contributed by atoms with Crippen molar-refractivity contribution in [3.05, 3.63) is 34.9 Å². The van der Waals surface area contributed by atoms with E-state index < -0.39 is 39.0 Å². The fraction of sp³-hybridized carbons (Fsp3) is 0.417. The molecule has 0 radical (unpaired) electrons. The van der Waals surface area contributed by atoms with Crippen LogP contribution in [0, 0.1) is 5.41 Å². The molecule has 1 aromatic carbocycles. The number of aliphatic hydroxyl groups is 1. The number of carboxylic acid groups (broad SMARTS) is 1. The standard InChI is InChI=1S/C12H13ClO5S/c1-19(17,18)10-9(12(10,6-14)11(15)16)7-2-4-8(13)5-3-7/h2-5,9-10,14H,6H2,1H3,(H,15,16)/t9-,10+,12-/m0/s1. The highest BCUT2D eigenvalue weighted by molar-refractivity contribution is 7.91. The van der Waals surface area contributed by atoms with Crippen molar-refractivity contribution in [1.29, 1.82) is 0 Å². The van der Waals surface area contributed by atoms with Gasteiger partial charge >= 0.3 is 5.97 Å². The molecule has 2 rings (SSSR count). The maximum Gasteiger partial charge on any atom is 0.314 e. The van der Waals surface area contributed by atoms with Gasteiger partial charge in [0.15, 0.2) is 9.84 Å². The first kappa shape index (κ1) is 14.3. The monoisotopic (exact) mass is 304 g/mol. The van der Waals surface area contributed by atoms with Crippen LogP contribution >= 0.6 is 11.6 Å². The molecule has 0 amide bonds. The van der Waals surface area contributed by atoms with E-state index in [1.165, 1.54) is 0 Å². The summed E-state index contributed by atoms with van der Waals surface area (Å²) in [5.74, 6) is -2.05. The topological polar surface area (TPSA) is 91.7 Å². The SMILES string of the molecule is CS(=O)(=O)[C@@H]1[C@H](c2ccc(Cl)cc2)[C@]1(CO)C(=O)O. The Morgan fingerprint density at radius 1 is 1.37 bits per heavy atom. The van der Waals surface area contributed by atoms with Crippen LogP contribution in [0.5, 0.6) is 0 Å². The largest absolute Gasteiger partial charge is 0.481 e. The lowest BCUT2D eigenvalue weighted by Gasteiger charge is -2.08. The Hall–Kier alpha value is -1.11. The van der Waals surface area contributed by atoms with Gasteiger partial charge in [-0.1, -0.05) is 23.7 Å². The van der Waals surface area contributed by atoms with Gasteiger partial charge in [-0.25, -0.2) is 8.42 Å². The number of halogens is 1. The number of carbonyl (C=O) groups is 1. The van der Waals surface area contributed by atoms with E-state index in [2.05, 4.69) is 0 Å². The Balaban J connectivity index is 2.50. The van der Waals surface area contributed by atoms with Gasteiger partial charge in [0.1, 0.15) is 5.41 Å². The van der Waals surface area contributed by atoms with Crippen molar-refractivity contribution in [3.8, 4) is 0 Å². The van der Waals surface area contributed by atoms with E-state index >= 15 is 0 Å². The predicted molar refractivity (Wildman–Crippen MR) is 70.0 cm³/mol. The molecule has 0 aliphatic heterocycles. The number of benzene rings is 1. The molecule has 7 heteroatoms. The third-order valence-corrected chi connectivity index (χ3v) is 5.47. The van der Waals surface area contributed by atoms with E-state index in [1.54, 1.807) is 24.3 Å². The summed E-state index contributed by atoms with van der Waals surface area (Å²) < 4.78 is 23.4. The predicted octanol–water partition coefficient (Wildman–Crippen LogP) is 0.914. The Morgan fingerprint density at radius 2 is 1.89 bits per heavy atom. The number of hydrogen-bond donors (Lipinski definition) is 2. The lowest BCUT2D eigenvalue weighted by molar-refractivity contribution is -0.145. The van der Waals surface area contributed by atoms with E-state index in [1.807, 2.05) is 0 Å². The molecule has 19 heavy (non-hydrogen) atoms. The zero-order chi connectivity index (χ0) is 14.4. The summed E-state index contributed by atoms with van der Waals surface area (Å²) in [6.07, 6.45) is 0.987. The molecule has 104 valence electrons. The average molecular weight is 305 g/mol. The molecule has 1 aliphatic rings. The first-order chi connectivity index (χ1) is 8.75. The van der Waals surface area contributed by atoms with Gasteiger partial charge in [-0.05, 0) is 17.7 Å². The summed E-state index contributed by atoms with van der Waals surface area (Å²) in [5.41, 5.74) is -1.10. The summed E-state index contributed by atoms with van der Waals surface area (Å²) in [4.78, 5) is 11.4. The summed E-state index contributed by atoms with van der Waals surface area (Å²) in [5, 5.41) is 18.0. The van der Waals surface area contributed by atoms with Crippen LogP contribution in [-0.2, 0) is 14.6 Å². The highest BCUT2D eigenvalue weighted by atomic mass is 35.5. The van der Waals surface area contributed by atoms with E-state index in [4.69, 9.17) is 11.6 Å². The van der Waals surface area contributed by atoms with E-state index in [0.29, 0.717) is 10.6 Å². The van der Waals surface area contributed by atoms with Crippen molar-refractivity contribution in [2.75, 3.05) is 12.9 Å². The number of aliphatic hydroxyl groups excluding tert-OH is 1. The Bertz CT molecular complexity index is 610. The lowest BCUT2D eigenvalue weighted by Crippen LogP contribution is -2.27. The molecular formula is C12H13ClO5S. The van der Waals surface area contributed by atoms with E-state index in [0.717, 1.165) is 6.26 Å². The molecule has 0 saturated heterocycles. The first-order valence-corrected chi connectivity index (χ1v) is 7.87. The van der Waals surface area contributed by atoms with Gasteiger partial charge in [-0.2, -0.15) is 0 Å². The maximum absolute atomic E-state index is 11.7. The summed E-state index contributed by atoms with van der Waals surface area (Å²) >= 11 is 5.75. The quantitative estimate of drug-likeness (QED) is 0.863. The van der Waals surface area contributed by atoms with Crippen molar-refractivity contribution in [1.82, 2.24) is 0 Å². The van der Waals surface area contributed by atoms with Crippen LogP contribution in [0.2, 0.25) is 5.02 Å². The summed E-state index contributed by atoms with van der Waals surface area (Å²) in [6, 6.07) is 6.31. The third kappa shape index (κ3) is 2.13. The second-order valence-corrected chi connectivity index (χ2v) is 7.39. The first-order valence-electron chi connectivity index (χ1n) is 5.53. The molecule has 0 bridgehead atoms. The molecule has 0 spiro atoms. The number of rotatable bonds is 4. The number of aliphatic carboxylic acids is 1. The lowest BCUT2D eigenvalue weighted by atomic mass is 10.0. The zero-order valence-corrected chi connectivity index (χ0v) is 11.6. The minimum atomic E-state index is -3.58. The summed E-state index contributed by atoms with van der Waals surface area (Å²) in [6.45, 7) is -0.715. The van der Waals surface area contributed by atoms with Crippen LogP contribution in [0.4, 0.5) is 0 Å².